The number of hydrogen-bond acceptors (Lipinski definition) is 8. The molecule has 1 saturated heterocycles. The third-order valence-electron chi connectivity index (χ3n) is 13.6. The van der Waals surface area contributed by atoms with Gasteiger partial charge in [0.1, 0.15) is 5.76 Å². The molecule has 5 unspecified atom stereocenters. The predicted octanol–water partition coefficient (Wildman–Crippen LogP) is 7.02. The standard InChI is InChI=1S/C21H28O5.C21H28O3/c1-14-4-3-5-16(8-14)21(23-2)20(25-26-21)17-9-15-10-18(20)13-19(11-15,12-17)24-7-6-22;1-14-4-3-5-16(8-14)20(23-2)19-17-9-15-10-18(19)13-21(11-15,12-17)24-7-6-22/h3-5,8,15,17-18,22H,6-7,9-13H2,1-2H3;3-5,8,15,17-18,22H,6-7,9-13H2,1-2H3. The van der Waals surface area contributed by atoms with Gasteiger partial charge in [-0.05, 0) is 113 Å². The van der Waals surface area contributed by atoms with E-state index >= 15 is 0 Å². The first-order valence-electron chi connectivity index (χ1n) is 19.1. The Labute approximate surface area is 297 Å². The van der Waals surface area contributed by atoms with Crippen LogP contribution >= 0.6 is 0 Å². The minimum Gasteiger partial charge on any atom is -0.496 e. The van der Waals surface area contributed by atoms with E-state index in [1.807, 2.05) is 7.11 Å². The van der Waals surface area contributed by atoms with Crippen molar-refractivity contribution >= 4 is 5.76 Å². The van der Waals surface area contributed by atoms with Gasteiger partial charge in [-0.15, -0.1) is 0 Å². The fraction of sp³-hybridized carbons (Fsp3) is 0.667. The molecule has 9 fully saturated rings. The summed E-state index contributed by atoms with van der Waals surface area (Å²) >= 11 is 0. The van der Waals surface area contributed by atoms with Crippen molar-refractivity contribution in [3.63, 3.8) is 0 Å². The quantitative estimate of drug-likeness (QED) is 0.203. The first-order chi connectivity index (χ1) is 24.2. The number of hydrogen-bond donors (Lipinski definition) is 2. The van der Waals surface area contributed by atoms with Gasteiger partial charge in [0.25, 0.3) is 5.79 Å². The van der Waals surface area contributed by atoms with E-state index in [4.69, 9.17) is 33.8 Å². The number of allylic oxidation sites excluding steroid dienone is 1. The van der Waals surface area contributed by atoms with Crippen molar-refractivity contribution in [2.75, 3.05) is 40.6 Å². The SMILES string of the molecule is COC(=C1C2CC3CC1CC(OCCO)(C3)C2)c1cccc(C)c1.COC1(c2cccc(C)c2)OOC12C1CC3CC2CC(OCCO)(C3)C1. The average Bonchev–Trinajstić information content (AvgIpc) is 3.08. The maximum absolute atomic E-state index is 9.23. The summed E-state index contributed by atoms with van der Waals surface area (Å²) in [6.07, 6.45) is 11.2. The van der Waals surface area contributed by atoms with Gasteiger partial charge in [-0.2, -0.15) is 4.89 Å². The van der Waals surface area contributed by atoms with Gasteiger partial charge in [-0.25, -0.2) is 4.89 Å². The van der Waals surface area contributed by atoms with Gasteiger partial charge >= 0.3 is 0 Å². The fourth-order valence-electron chi connectivity index (χ4n) is 12.4. The molecule has 1 heterocycles. The molecule has 50 heavy (non-hydrogen) atoms. The van der Waals surface area contributed by atoms with Gasteiger partial charge in [0.15, 0.2) is 5.60 Å². The van der Waals surface area contributed by atoms with E-state index in [0.29, 0.717) is 42.8 Å². The van der Waals surface area contributed by atoms with Crippen molar-refractivity contribution in [1.29, 1.82) is 0 Å². The maximum atomic E-state index is 9.23. The van der Waals surface area contributed by atoms with Crippen LogP contribution in [0.5, 0.6) is 0 Å². The molecule has 2 aromatic rings. The lowest BCUT2D eigenvalue weighted by molar-refractivity contribution is -0.647. The van der Waals surface area contributed by atoms with Crippen LogP contribution in [0.4, 0.5) is 0 Å². The lowest BCUT2D eigenvalue weighted by Crippen LogP contribution is -2.78. The summed E-state index contributed by atoms with van der Waals surface area (Å²) < 4.78 is 24.4. The van der Waals surface area contributed by atoms with Crippen LogP contribution in [0.15, 0.2) is 54.1 Å². The molecule has 2 aromatic carbocycles. The molecule has 2 N–H and O–H groups in total. The van der Waals surface area contributed by atoms with E-state index in [9.17, 15) is 5.11 Å². The number of aryl methyl sites for hydroxylation is 2. The van der Waals surface area contributed by atoms with E-state index < -0.39 is 11.4 Å². The Kier molecular flexibility index (Phi) is 9.23. The number of aliphatic hydroxyl groups excluding tert-OH is 2. The second-order valence-corrected chi connectivity index (χ2v) is 16.7. The Morgan fingerprint density at radius 1 is 0.720 bits per heavy atom. The highest BCUT2D eigenvalue weighted by Gasteiger charge is 2.78. The van der Waals surface area contributed by atoms with Crippen LogP contribution in [-0.2, 0) is 34.5 Å². The molecule has 8 aliphatic carbocycles. The van der Waals surface area contributed by atoms with Gasteiger partial charge in [0, 0.05) is 30.1 Å². The fourth-order valence-corrected chi connectivity index (χ4v) is 12.4. The highest BCUT2D eigenvalue weighted by atomic mass is 17.3. The maximum Gasteiger partial charge on any atom is 0.260 e. The van der Waals surface area contributed by atoms with Crippen LogP contribution in [0.3, 0.4) is 0 Å². The number of benzene rings is 2. The summed E-state index contributed by atoms with van der Waals surface area (Å²) in [6, 6.07) is 17.0. The zero-order valence-electron chi connectivity index (χ0n) is 30.3. The van der Waals surface area contributed by atoms with E-state index in [2.05, 4.69) is 62.4 Å². The Bertz CT molecular complexity index is 1550. The zero-order chi connectivity index (χ0) is 34.7. The summed E-state index contributed by atoms with van der Waals surface area (Å²) in [6.45, 7) is 5.32. The molecule has 272 valence electrons. The highest BCUT2D eigenvalue weighted by Crippen LogP contribution is 2.71. The van der Waals surface area contributed by atoms with E-state index in [0.717, 1.165) is 62.2 Å². The van der Waals surface area contributed by atoms with Gasteiger partial charge < -0.3 is 29.2 Å². The third kappa shape index (κ3) is 5.51. The topological polar surface area (TPSA) is 95.8 Å². The summed E-state index contributed by atoms with van der Waals surface area (Å²) in [5, 5.41) is 18.4. The van der Waals surface area contributed by atoms with Crippen molar-refractivity contribution in [1.82, 2.24) is 0 Å². The summed E-state index contributed by atoms with van der Waals surface area (Å²) in [5.74, 6) is 3.57. The molecule has 0 aromatic heterocycles. The smallest absolute Gasteiger partial charge is 0.260 e. The highest BCUT2D eigenvalue weighted by molar-refractivity contribution is 5.65. The normalized spacial score (nSPS) is 40.1. The third-order valence-corrected chi connectivity index (χ3v) is 13.6. The predicted molar refractivity (Wildman–Crippen MR) is 189 cm³/mol. The second kappa shape index (κ2) is 13.3. The summed E-state index contributed by atoms with van der Waals surface area (Å²) in [4.78, 5) is 11.8. The van der Waals surface area contributed by atoms with Crippen LogP contribution < -0.4 is 0 Å². The number of aliphatic hydroxyl groups is 2. The molecule has 1 spiro atoms. The molecule has 11 rings (SSSR count). The number of methoxy groups -OCH3 is 2. The van der Waals surface area contributed by atoms with Crippen molar-refractivity contribution in [3.8, 4) is 0 Å². The summed E-state index contributed by atoms with van der Waals surface area (Å²) in [5.41, 5.74) is 5.73. The monoisotopic (exact) mass is 688 g/mol. The summed E-state index contributed by atoms with van der Waals surface area (Å²) in [7, 11) is 3.55. The van der Waals surface area contributed by atoms with Crippen molar-refractivity contribution in [2.24, 2.45) is 35.5 Å². The Balaban J connectivity index is 0.000000145. The van der Waals surface area contributed by atoms with E-state index in [1.54, 1.807) is 7.11 Å². The van der Waals surface area contributed by atoms with Crippen LogP contribution in [0.25, 0.3) is 5.76 Å². The minimum absolute atomic E-state index is 0.00812. The van der Waals surface area contributed by atoms with Crippen molar-refractivity contribution in [3.05, 3.63) is 76.4 Å². The van der Waals surface area contributed by atoms with Crippen LogP contribution in [0.2, 0.25) is 0 Å². The largest absolute Gasteiger partial charge is 0.496 e. The van der Waals surface area contributed by atoms with E-state index in [-0.39, 0.29) is 24.4 Å². The van der Waals surface area contributed by atoms with Gasteiger partial charge in [0.05, 0.1) is 44.7 Å². The molecule has 0 radical (unpaired) electrons. The van der Waals surface area contributed by atoms with Crippen LogP contribution in [0.1, 0.15) is 86.5 Å². The molecular weight excluding hydrogens is 632 g/mol. The molecule has 8 nitrogen and oxygen atoms in total. The molecule has 8 bridgehead atoms. The minimum atomic E-state index is -0.834. The number of ether oxygens (including phenoxy) is 4. The lowest BCUT2D eigenvalue weighted by atomic mass is 9.45. The Hall–Kier alpha value is -2.30. The number of rotatable bonds is 10. The molecule has 8 saturated carbocycles. The van der Waals surface area contributed by atoms with Crippen molar-refractivity contribution in [2.45, 2.75) is 101 Å². The van der Waals surface area contributed by atoms with Gasteiger partial charge in [-0.3, -0.25) is 0 Å². The molecule has 5 atom stereocenters. The zero-order valence-corrected chi connectivity index (χ0v) is 30.3. The first kappa shape index (κ1) is 34.8. The Morgan fingerprint density at radius 2 is 1.30 bits per heavy atom. The van der Waals surface area contributed by atoms with Crippen LogP contribution in [0, 0.1) is 49.4 Å². The Morgan fingerprint density at radius 3 is 1.82 bits per heavy atom. The first-order valence-corrected chi connectivity index (χ1v) is 19.1. The average molecular weight is 689 g/mol. The molecule has 1 aliphatic heterocycles. The van der Waals surface area contributed by atoms with Crippen LogP contribution in [-0.4, -0.2) is 67.7 Å². The molecule has 8 heteroatoms. The van der Waals surface area contributed by atoms with Crippen molar-refractivity contribution < 1.29 is 38.9 Å². The lowest BCUT2D eigenvalue weighted by Gasteiger charge is -2.70. The van der Waals surface area contributed by atoms with E-state index in [1.165, 1.54) is 41.5 Å². The second-order valence-electron chi connectivity index (χ2n) is 16.7. The molecule has 0 amide bonds. The van der Waals surface area contributed by atoms with Gasteiger partial charge in [-0.1, -0.05) is 53.6 Å². The van der Waals surface area contributed by atoms with Gasteiger partial charge in [0.2, 0.25) is 0 Å². The molecule has 9 aliphatic rings. The molecular formula is C42H56O8.